The van der Waals surface area contributed by atoms with E-state index in [-0.39, 0.29) is 11.0 Å². The van der Waals surface area contributed by atoms with Crippen molar-refractivity contribution in [2.45, 2.75) is 58.7 Å². The van der Waals surface area contributed by atoms with Gasteiger partial charge in [-0.05, 0) is 31.0 Å². The van der Waals surface area contributed by atoms with Crippen molar-refractivity contribution in [1.82, 2.24) is 0 Å². The Morgan fingerprint density at radius 2 is 1.94 bits per heavy atom. The van der Waals surface area contributed by atoms with E-state index in [9.17, 15) is 0 Å². The summed E-state index contributed by atoms with van der Waals surface area (Å²) in [4.78, 5) is 0. The Bertz CT molecular complexity index is 271. The standard InChI is InChI=1S/C13H25NOSi/c1-7-12(11-14)9-8-10-15-16(5,6)13(2,3)4/h8,10,12H,7,9H2,1-6H3/b10-8-. The lowest BCUT2D eigenvalue weighted by Crippen LogP contribution is -2.39. The molecule has 0 N–H and O–H groups in total. The van der Waals surface area contributed by atoms with Crippen molar-refractivity contribution in [3.63, 3.8) is 0 Å². The average Bonchev–Trinajstić information content (AvgIpc) is 2.16. The molecular weight excluding hydrogens is 214 g/mol. The first-order valence-electron chi connectivity index (χ1n) is 5.97. The molecule has 0 aliphatic rings. The molecule has 16 heavy (non-hydrogen) atoms. The van der Waals surface area contributed by atoms with Gasteiger partial charge >= 0.3 is 0 Å². The first kappa shape index (κ1) is 15.2. The van der Waals surface area contributed by atoms with Gasteiger partial charge in [-0.25, -0.2) is 0 Å². The summed E-state index contributed by atoms with van der Waals surface area (Å²) in [5, 5.41) is 9.03. The zero-order valence-electron chi connectivity index (χ0n) is 11.5. The first-order valence-corrected chi connectivity index (χ1v) is 8.88. The third-order valence-corrected chi connectivity index (χ3v) is 7.70. The summed E-state index contributed by atoms with van der Waals surface area (Å²) in [5.74, 6) is 0.124. The van der Waals surface area contributed by atoms with Gasteiger partial charge in [-0.3, -0.25) is 0 Å². The molecule has 0 amide bonds. The van der Waals surface area contributed by atoms with E-state index in [0.717, 1.165) is 12.8 Å². The van der Waals surface area contributed by atoms with E-state index in [0.29, 0.717) is 0 Å². The monoisotopic (exact) mass is 239 g/mol. The predicted molar refractivity (Wildman–Crippen MR) is 71.4 cm³/mol. The minimum atomic E-state index is -1.67. The molecule has 2 nitrogen and oxygen atoms in total. The maximum Gasteiger partial charge on any atom is 0.249 e. The lowest BCUT2D eigenvalue weighted by molar-refractivity contribution is 0.427. The van der Waals surface area contributed by atoms with Gasteiger partial charge in [0.05, 0.1) is 12.3 Å². The summed E-state index contributed by atoms with van der Waals surface area (Å²) < 4.78 is 5.88. The van der Waals surface area contributed by atoms with Gasteiger partial charge in [0, 0.05) is 5.92 Å². The minimum absolute atomic E-state index is 0.124. The zero-order chi connectivity index (χ0) is 12.8. The first-order chi connectivity index (χ1) is 7.24. The second kappa shape index (κ2) is 6.10. The molecule has 0 heterocycles. The van der Waals surface area contributed by atoms with Gasteiger partial charge < -0.3 is 4.43 Å². The van der Waals surface area contributed by atoms with Crippen LogP contribution in [0.1, 0.15) is 40.5 Å². The highest BCUT2D eigenvalue weighted by Crippen LogP contribution is 2.36. The van der Waals surface area contributed by atoms with E-state index in [1.54, 1.807) is 6.26 Å². The Balaban J connectivity index is 4.16. The van der Waals surface area contributed by atoms with Gasteiger partial charge in [-0.1, -0.05) is 33.8 Å². The summed E-state index contributed by atoms with van der Waals surface area (Å²) in [5.41, 5.74) is 0. The van der Waals surface area contributed by atoms with Crippen LogP contribution in [0.25, 0.3) is 0 Å². The van der Waals surface area contributed by atoms with Crippen molar-refractivity contribution in [1.29, 1.82) is 5.26 Å². The third kappa shape index (κ3) is 4.85. The molecule has 0 radical (unpaired) electrons. The van der Waals surface area contributed by atoms with Gasteiger partial charge in [0.25, 0.3) is 0 Å². The molecule has 1 unspecified atom stereocenters. The molecule has 0 aromatic carbocycles. The molecule has 1 atom stereocenters. The number of nitrogens with zero attached hydrogens (tertiary/aromatic N) is 1. The largest absolute Gasteiger partial charge is 0.549 e. The second-order valence-electron chi connectivity index (χ2n) is 5.72. The van der Waals surface area contributed by atoms with Gasteiger partial charge in [-0.2, -0.15) is 5.26 Å². The van der Waals surface area contributed by atoms with Crippen molar-refractivity contribution in [3.05, 3.63) is 12.3 Å². The molecule has 0 saturated heterocycles. The molecule has 0 rings (SSSR count). The number of hydrogen-bond donors (Lipinski definition) is 0. The van der Waals surface area contributed by atoms with Crippen LogP contribution in [0.15, 0.2) is 12.3 Å². The van der Waals surface area contributed by atoms with Crippen LogP contribution >= 0.6 is 0 Å². The summed E-state index contributed by atoms with van der Waals surface area (Å²) in [6.45, 7) is 13.1. The number of nitriles is 1. The van der Waals surface area contributed by atoms with Crippen LogP contribution in [0, 0.1) is 17.2 Å². The fourth-order valence-corrected chi connectivity index (χ4v) is 1.72. The van der Waals surface area contributed by atoms with Crippen molar-refractivity contribution < 1.29 is 4.43 Å². The highest BCUT2D eigenvalue weighted by atomic mass is 28.4. The van der Waals surface area contributed by atoms with E-state index in [1.165, 1.54) is 0 Å². The van der Waals surface area contributed by atoms with E-state index in [4.69, 9.17) is 9.69 Å². The zero-order valence-corrected chi connectivity index (χ0v) is 12.5. The molecule has 0 aromatic heterocycles. The average molecular weight is 239 g/mol. The molecule has 0 aliphatic heterocycles. The van der Waals surface area contributed by atoms with E-state index < -0.39 is 8.32 Å². The van der Waals surface area contributed by atoms with E-state index >= 15 is 0 Å². The molecule has 0 aliphatic carbocycles. The fourth-order valence-electron chi connectivity index (χ4n) is 0.925. The van der Waals surface area contributed by atoms with Crippen molar-refractivity contribution in [3.8, 4) is 6.07 Å². The molecule has 0 aromatic rings. The van der Waals surface area contributed by atoms with Crippen LogP contribution < -0.4 is 0 Å². The Hall–Kier alpha value is -0.753. The smallest absolute Gasteiger partial charge is 0.249 e. The quantitative estimate of drug-likeness (QED) is 0.524. The van der Waals surface area contributed by atoms with Crippen molar-refractivity contribution in [2.75, 3.05) is 0 Å². The van der Waals surface area contributed by atoms with Crippen LogP contribution in [0.2, 0.25) is 18.1 Å². The molecule has 0 saturated carbocycles. The highest BCUT2D eigenvalue weighted by Gasteiger charge is 2.37. The van der Waals surface area contributed by atoms with Gasteiger partial charge in [0.1, 0.15) is 0 Å². The summed E-state index contributed by atoms with van der Waals surface area (Å²) in [7, 11) is -1.67. The number of hydrogen-bond acceptors (Lipinski definition) is 2. The highest BCUT2D eigenvalue weighted by molar-refractivity contribution is 6.74. The van der Waals surface area contributed by atoms with Crippen LogP contribution in [0.5, 0.6) is 0 Å². The molecule has 0 bridgehead atoms. The topological polar surface area (TPSA) is 33.0 Å². The Morgan fingerprint density at radius 1 is 1.38 bits per heavy atom. The number of rotatable bonds is 5. The van der Waals surface area contributed by atoms with Crippen LogP contribution in [-0.2, 0) is 4.43 Å². The molecule has 0 fully saturated rings. The van der Waals surface area contributed by atoms with Crippen LogP contribution in [0.3, 0.4) is 0 Å². The Kier molecular flexibility index (Phi) is 5.81. The number of allylic oxidation sites excluding steroid dienone is 1. The van der Waals surface area contributed by atoms with Gasteiger partial charge in [-0.15, -0.1) is 0 Å². The second-order valence-corrected chi connectivity index (χ2v) is 10.5. The lowest BCUT2D eigenvalue weighted by Gasteiger charge is -2.35. The molecule has 3 heteroatoms. The lowest BCUT2D eigenvalue weighted by atomic mass is 10.1. The Morgan fingerprint density at radius 3 is 2.31 bits per heavy atom. The van der Waals surface area contributed by atoms with Crippen molar-refractivity contribution >= 4 is 8.32 Å². The maximum atomic E-state index is 8.80. The summed E-state index contributed by atoms with van der Waals surface area (Å²) in [6, 6.07) is 2.28. The normalized spacial score (nSPS) is 14.8. The van der Waals surface area contributed by atoms with E-state index in [1.807, 2.05) is 13.0 Å². The molecule has 0 spiro atoms. The van der Waals surface area contributed by atoms with Crippen molar-refractivity contribution in [2.24, 2.45) is 5.92 Å². The van der Waals surface area contributed by atoms with Crippen LogP contribution in [-0.4, -0.2) is 8.32 Å². The SMILES string of the molecule is CCC(C#N)C/C=C\O[Si](C)(C)C(C)(C)C. The van der Waals surface area contributed by atoms with Crippen LogP contribution in [0.4, 0.5) is 0 Å². The summed E-state index contributed by atoms with van der Waals surface area (Å²) >= 11 is 0. The van der Waals surface area contributed by atoms with Gasteiger partial charge in [0.15, 0.2) is 0 Å². The van der Waals surface area contributed by atoms with Gasteiger partial charge in [0.2, 0.25) is 8.32 Å². The third-order valence-electron chi connectivity index (χ3n) is 3.36. The Labute approximate surface area is 101 Å². The predicted octanol–water partition coefficient (Wildman–Crippen LogP) is 4.46. The summed E-state index contributed by atoms with van der Waals surface area (Å²) in [6.07, 6.45) is 5.48. The molecular formula is C13H25NOSi. The minimum Gasteiger partial charge on any atom is -0.549 e. The fraction of sp³-hybridized carbons (Fsp3) is 0.769. The van der Waals surface area contributed by atoms with E-state index in [2.05, 4.69) is 39.9 Å². The molecule has 92 valence electrons. The maximum absolute atomic E-state index is 8.80.